The summed E-state index contributed by atoms with van der Waals surface area (Å²) in [6, 6.07) is 14.0. The third-order valence-corrected chi connectivity index (χ3v) is 3.35. The summed E-state index contributed by atoms with van der Waals surface area (Å²) in [5.74, 6) is 0.715. The Hall–Kier alpha value is -2.82. The monoisotopic (exact) mass is 326 g/mol. The summed E-state index contributed by atoms with van der Waals surface area (Å²) in [5, 5.41) is 5.63. The van der Waals surface area contributed by atoms with E-state index in [1.807, 2.05) is 13.8 Å². The summed E-state index contributed by atoms with van der Waals surface area (Å²) in [4.78, 5) is 24.2. The van der Waals surface area contributed by atoms with Gasteiger partial charge in [0.15, 0.2) is 0 Å². The average molecular weight is 326 g/mol. The van der Waals surface area contributed by atoms with Gasteiger partial charge >= 0.3 is 0 Å². The molecule has 5 heteroatoms. The SMILES string of the molecule is COc1ccc(NC(=O)c2cccc(NC(=O)CC(C)C)c2)cc1. The highest BCUT2D eigenvalue weighted by molar-refractivity contribution is 6.05. The third kappa shape index (κ3) is 5.12. The summed E-state index contributed by atoms with van der Waals surface area (Å²) < 4.78 is 5.09. The van der Waals surface area contributed by atoms with Gasteiger partial charge in [-0.1, -0.05) is 19.9 Å². The molecule has 0 aliphatic carbocycles. The second-order valence-electron chi connectivity index (χ2n) is 5.91. The molecule has 0 unspecified atom stereocenters. The predicted molar refractivity (Wildman–Crippen MR) is 95.5 cm³/mol. The highest BCUT2D eigenvalue weighted by Crippen LogP contribution is 2.17. The van der Waals surface area contributed by atoms with Gasteiger partial charge in [-0.25, -0.2) is 0 Å². The molecule has 2 aromatic carbocycles. The first-order chi connectivity index (χ1) is 11.5. The molecule has 0 bridgehead atoms. The number of hydrogen-bond donors (Lipinski definition) is 2. The summed E-state index contributed by atoms with van der Waals surface area (Å²) in [5.41, 5.74) is 1.77. The number of amides is 2. The van der Waals surface area contributed by atoms with Gasteiger partial charge in [-0.05, 0) is 48.4 Å². The van der Waals surface area contributed by atoms with Crippen LogP contribution < -0.4 is 15.4 Å². The van der Waals surface area contributed by atoms with Crippen LogP contribution in [-0.4, -0.2) is 18.9 Å². The van der Waals surface area contributed by atoms with Gasteiger partial charge in [0.25, 0.3) is 5.91 Å². The number of ether oxygens (including phenoxy) is 1. The van der Waals surface area contributed by atoms with Gasteiger partial charge in [0.1, 0.15) is 5.75 Å². The number of methoxy groups -OCH3 is 1. The highest BCUT2D eigenvalue weighted by Gasteiger charge is 2.09. The van der Waals surface area contributed by atoms with Crippen LogP contribution in [0.15, 0.2) is 48.5 Å². The maximum Gasteiger partial charge on any atom is 0.255 e. The number of benzene rings is 2. The van der Waals surface area contributed by atoms with Crippen molar-refractivity contribution in [3.63, 3.8) is 0 Å². The first-order valence-corrected chi connectivity index (χ1v) is 7.83. The van der Waals surface area contributed by atoms with Crippen LogP contribution in [0.2, 0.25) is 0 Å². The molecule has 0 aromatic heterocycles. The smallest absolute Gasteiger partial charge is 0.255 e. The van der Waals surface area contributed by atoms with Gasteiger partial charge in [0.05, 0.1) is 7.11 Å². The number of carbonyl (C=O) groups is 2. The summed E-state index contributed by atoms with van der Waals surface area (Å²) in [6.45, 7) is 3.97. The fraction of sp³-hybridized carbons (Fsp3) is 0.263. The van der Waals surface area contributed by atoms with Crippen LogP contribution in [0.1, 0.15) is 30.6 Å². The first kappa shape index (κ1) is 17.5. The Balaban J connectivity index is 2.03. The van der Waals surface area contributed by atoms with Crippen molar-refractivity contribution in [1.82, 2.24) is 0 Å². The molecule has 2 rings (SSSR count). The predicted octanol–water partition coefficient (Wildman–Crippen LogP) is 3.93. The molecular formula is C19H22N2O3. The van der Waals surface area contributed by atoms with Gasteiger partial charge in [0, 0.05) is 23.4 Å². The Kier molecular flexibility index (Phi) is 5.95. The summed E-state index contributed by atoms with van der Waals surface area (Å²) in [7, 11) is 1.59. The zero-order chi connectivity index (χ0) is 17.5. The Morgan fingerprint density at radius 1 is 1.00 bits per heavy atom. The van der Waals surface area contributed by atoms with Gasteiger partial charge in [-0.15, -0.1) is 0 Å². The molecule has 0 saturated heterocycles. The van der Waals surface area contributed by atoms with Crippen LogP contribution in [0.25, 0.3) is 0 Å². The summed E-state index contributed by atoms with van der Waals surface area (Å²) >= 11 is 0. The topological polar surface area (TPSA) is 67.4 Å². The number of anilines is 2. The van der Waals surface area contributed by atoms with E-state index in [0.717, 1.165) is 5.75 Å². The number of rotatable bonds is 6. The lowest BCUT2D eigenvalue weighted by Gasteiger charge is -2.10. The highest BCUT2D eigenvalue weighted by atomic mass is 16.5. The minimum atomic E-state index is -0.236. The molecule has 0 aliphatic heterocycles. The van der Waals surface area contributed by atoms with Crippen LogP contribution in [-0.2, 0) is 4.79 Å². The standard InChI is InChI=1S/C19H22N2O3/c1-13(2)11-18(22)20-16-6-4-5-14(12-16)19(23)21-15-7-9-17(24-3)10-8-15/h4-10,12-13H,11H2,1-3H3,(H,20,22)(H,21,23). The second-order valence-corrected chi connectivity index (χ2v) is 5.91. The molecule has 0 aliphatic rings. The van der Waals surface area contributed by atoms with Gasteiger partial charge < -0.3 is 15.4 Å². The third-order valence-electron chi connectivity index (χ3n) is 3.35. The van der Waals surface area contributed by atoms with Crippen LogP contribution >= 0.6 is 0 Å². The van der Waals surface area contributed by atoms with Crippen molar-refractivity contribution < 1.29 is 14.3 Å². The lowest BCUT2D eigenvalue weighted by molar-refractivity contribution is -0.116. The molecule has 24 heavy (non-hydrogen) atoms. The fourth-order valence-corrected chi connectivity index (χ4v) is 2.20. The van der Waals surface area contributed by atoms with Crippen molar-refractivity contribution in [3.8, 4) is 5.75 Å². The first-order valence-electron chi connectivity index (χ1n) is 7.83. The molecule has 0 heterocycles. The minimum Gasteiger partial charge on any atom is -0.497 e. The quantitative estimate of drug-likeness (QED) is 0.845. The maximum absolute atomic E-state index is 12.3. The molecule has 5 nitrogen and oxygen atoms in total. The van der Waals surface area contributed by atoms with Crippen molar-refractivity contribution in [2.24, 2.45) is 5.92 Å². The number of hydrogen-bond acceptors (Lipinski definition) is 3. The number of nitrogens with one attached hydrogen (secondary N) is 2. The van der Waals surface area contributed by atoms with Gasteiger partial charge in [0.2, 0.25) is 5.91 Å². The molecule has 126 valence electrons. The van der Waals surface area contributed by atoms with E-state index in [1.54, 1.807) is 55.6 Å². The molecule has 0 saturated carbocycles. The van der Waals surface area contributed by atoms with E-state index in [1.165, 1.54) is 0 Å². The normalized spacial score (nSPS) is 10.3. The Morgan fingerprint density at radius 2 is 1.71 bits per heavy atom. The van der Waals surface area contributed by atoms with Crippen molar-refractivity contribution >= 4 is 23.2 Å². The largest absolute Gasteiger partial charge is 0.497 e. The van der Waals surface area contributed by atoms with Crippen LogP contribution in [0.5, 0.6) is 5.75 Å². The molecule has 0 radical (unpaired) electrons. The van der Waals surface area contributed by atoms with Crippen LogP contribution in [0.4, 0.5) is 11.4 Å². The van der Waals surface area contributed by atoms with Crippen LogP contribution in [0.3, 0.4) is 0 Å². The molecular weight excluding hydrogens is 304 g/mol. The van der Waals surface area contributed by atoms with E-state index < -0.39 is 0 Å². The van der Waals surface area contributed by atoms with Crippen molar-refractivity contribution in [2.45, 2.75) is 20.3 Å². The van der Waals surface area contributed by atoms with Crippen LogP contribution in [0, 0.1) is 5.92 Å². The Bertz CT molecular complexity index is 709. The maximum atomic E-state index is 12.3. The zero-order valence-corrected chi connectivity index (χ0v) is 14.1. The zero-order valence-electron chi connectivity index (χ0n) is 14.1. The molecule has 2 N–H and O–H groups in total. The fourth-order valence-electron chi connectivity index (χ4n) is 2.20. The average Bonchev–Trinajstić information content (AvgIpc) is 2.55. The lowest BCUT2D eigenvalue weighted by Crippen LogP contribution is -2.15. The molecule has 0 fully saturated rings. The van der Waals surface area contributed by atoms with Crippen molar-refractivity contribution in [1.29, 1.82) is 0 Å². The molecule has 0 spiro atoms. The minimum absolute atomic E-state index is 0.0577. The molecule has 2 aromatic rings. The Labute approximate surface area is 142 Å². The van der Waals surface area contributed by atoms with Gasteiger partial charge in [-0.2, -0.15) is 0 Å². The van der Waals surface area contributed by atoms with Crippen molar-refractivity contribution in [2.75, 3.05) is 17.7 Å². The summed E-state index contributed by atoms with van der Waals surface area (Å²) in [6.07, 6.45) is 0.447. The lowest BCUT2D eigenvalue weighted by atomic mass is 10.1. The van der Waals surface area contributed by atoms with E-state index in [4.69, 9.17) is 4.74 Å². The number of carbonyl (C=O) groups excluding carboxylic acids is 2. The molecule has 0 atom stereocenters. The second kappa shape index (κ2) is 8.15. The van der Waals surface area contributed by atoms with E-state index in [2.05, 4.69) is 10.6 Å². The molecule has 2 amide bonds. The van der Waals surface area contributed by atoms with Crippen molar-refractivity contribution in [3.05, 3.63) is 54.1 Å². The van der Waals surface area contributed by atoms with E-state index in [0.29, 0.717) is 23.4 Å². The van der Waals surface area contributed by atoms with Gasteiger partial charge in [-0.3, -0.25) is 9.59 Å². The van der Waals surface area contributed by atoms with E-state index >= 15 is 0 Å². The van der Waals surface area contributed by atoms with E-state index in [-0.39, 0.29) is 17.7 Å². The van der Waals surface area contributed by atoms with E-state index in [9.17, 15) is 9.59 Å². The Morgan fingerprint density at radius 3 is 2.33 bits per heavy atom.